The van der Waals surface area contributed by atoms with Crippen LogP contribution in [0.5, 0.6) is 0 Å². The summed E-state index contributed by atoms with van der Waals surface area (Å²) in [7, 11) is 0. The van der Waals surface area contributed by atoms with Gasteiger partial charge in [-0.1, -0.05) is 18.2 Å². The Hall–Kier alpha value is -1.79. The summed E-state index contributed by atoms with van der Waals surface area (Å²) < 4.78 is 13.7. The largest absolute Gasteiger partial charge is 0.348 e. The van der Waals surface area contributed by atoms with E-state index in [0.717, 1.165) is 17.8 Å². The van der Waals surface area contributed by atoms with Crippen molar-refractivity contribution in [3.05, 3.63) is 51.7 Å². The number of amides is 1. The fourth-order valence-corrected chi connectivity index (χ4v) is 4.53. The molecule has 2 saturated heterocycles. The van der Waals surface area contributed by atoms with E-state index in [4.69, 9.17) is 0 Å². The fourth-order valence-electron chi connectivity index (χ4n) is 3.74. The zero-order valence-electron chi connectivity index (χ0n) is 13.3. The predicted molar refractivity (Wildman–Crippen MR) is 91.8 cm³/mol. The van der Waals surface area contributed by atoms with Crippen molar-refractivity contribution < 1.29 is 9.18 Å². The molecular formula is C18H20FN3OS. The van der Waals surface area contributed by atoms with Crippen molar-refractivity contribution in [1.82, 2.24) is 15.6 Å². The van der Waals surface area contributed by atoms with E-state index < -0.39 is 0 Å². The van der Waals surface area contributed by atoms with Crippen molar-refractivity contribution >= 4 is 17.2 Å². The second kappa shape index (κ2) is 6.61. The summed E-state index contributed by atoms with van der Waals surface area (Å²) >= 11 is 1.41. The molecule has 4 rings (SSSR count). The number of benzene rings is 1. The van der Waals surface area contributed by atoms with Crippen molar-refractivity contribution in [2.75, 3.05) is 0 Å². The van der Waals surface area contributed by atoms with Gasteiger partial charge < -0.3 is 10.6 Å². The molecule has 2 fully saturated rings. The first-order valence-corrected chi connectivity index (χ1v) is 9.30. The van der Waals surface area contributed by atoms with E-state index in [1.807, 2.05) is 6.07 Å². The molecule has 1 aromatic carbocycles. The molecule has 2 atom stereocenters. The van der Waals surface area contributed by atoms with Crippen molar-refractivity contribution in [3.63, 3.8) is 0 Å². The zero-order valence-corrected chi connectivity index (χ0v) is 14.1. The maximum Gasteiger partial charge on any atom is 0.270 e. The van der Waals surface area contributed by atoms with E-state index in [9.17, 15) is 9.18 Å². The highest BCUT2D eigenvalue weighted by Gasteiger charge is 2.34. The summed E-state index contributed by atoms with van der Waals surface area (Å²) in [6.07, 6.45) is 4.83. The van der Waals surface area contributed by atoms with Crippen LogP contribution in [0.15, 0.2) is 29.6 Å². The van der Waals surface area contributed by atoms with Crippen LogP contribution in [-0.2, 0) is 6.42 Å². The number of thiazole rings is 1. The van der Waals surface area contributed by atoms with Gasteiger partial charge in [-0.2, -0.15) is 0 Å². The maximum absolute atomic E-state index is 13.7. The number of halogens is 1. The first kappa shape index (κ1) is 15.7. The fraction of sp³-hybridized carbons (Fsp3) is 0.444. The van der Waals surface area contributed by atoms with Crippen molar-refractivity contribution in [2.45, 2.75) is 50.2 Å². The van der Waals surface area contributed by atoms with Gasteiger partial charge in [-0.15, -0.1) is 11.3 Å². The Morgan fingerprint density at radius 2 is 2.04 bits per heavy atom. The van der Waals surface area contributed by atoms with Gasteiger partial charge in [-0.25, -0.2) is 9.37 Å². The van der Waals surface area contributed by atoms with Crippen molar-refractivity contribution in [3.8, 4) is 0 Å². The van der Waals surface area contributed by atoms with E-state index in [0.29, 0.717) is 29.8 Å². The van der Waals surface area contributed by atoms with E-state index in [-0.39, 0.29) is 17.8 Å². The number of piperidine rings is 1. The molecule has 2 aromatic rings. The molecule has 2 aliphatic rings. The minimum atomic E-state index is -0.233. The predicted octanol–water partition coefficient (Wildman–Crippen LogP) is 2.89. The van der Waals surface area contributed by atoms with Gasteiger partial charge in [0, 0.05) is 29.9 Å². The zero-order chi connectivity index (χ0) is 16.5. The normalized spacial score (nSPS) is 25.6. The van der Waals surface area contributed by atoms with E-state index in [2.05, 4.69) is 15.6 Å². The highest BCUT2D eigenvalue weighted by Crippen LogP contribution is 2.27. The van der Waals surface area contributed by atoms with Crippen LogP contribution >= 0.6 is 11.3 Å². The molecule has 0 spiro atoms. The third-order valence-corrected chi connectivity index (χ3v) is 5.74. The Morgan fingerprint density at radius 3 is 2.79 bits per heavy atom. The highest BCUT2D eigenvalue weighted by molar-refractivity contribution is 7.09. The van der Waals surface area contributed by atoms with Crippen molar-refractivity contribution in [2.24, 2.45) is 0 Å². The molecule has 24 heavy (non-hydrogen) atoms. The summed E-state index contributed by atoms with van der Waals surface area (Å²) in [5.41, 5.74) is 1.05. The Labute approximate surface area is 144 Å². The Bertz CT molecular complexity index is 735. The van der Waals surface area contributed by atoms with Crippen LogP contribution in [-0.4, -0.2) is 29.0 Å². The van der Waals surface area contributed by atoms with E-state index >= 15 is 0 Å². The lowest BCUT2D eigenvalue weighted by atomic mass is 10.00. The number of aromatic nitrogens is 1. The van der Waals surface area contributed by atoms with Gasteiger partial charge in [-0.3, -0.25) is 4.79 Å². The van der Waals surface area contributed by atoms with Crippen LogP contribution in [0.4, 0.5) is 4.39 Å². The van der Waals surface area contributed by atoms with Gasteiger partial charge >= 0.3 is 0 Å². The second-order valence-electron chi connectivity index (χ2n) is 6.67. The second-order valence-corrected chi connectivity index (χ2v) is 7.62. The quantitative estimate of drug-likeness (QED) is 0.896. The van der Waals surface area contributed by atoms with Gasteiger partial charge in [-0.05, 0) is 37.3 Å². The Kier molecular flexibility index (Phi) is 4.33. The third kappa shape index (κ3) is 3.35. The molecule has 0 saturated carbocycles. The van der Waals surface area contributed by atoms with E-state index in [1.54, 1.807) is 17.5 Å². The van der Waals surface area contributed by atoms with Crippen LogP contribution in [0, 0.1) is 5.82 Å². The average molecular weight is 345 g/mol. The minimum absolute atomic E-state index is 0.114. The topological polar surface area (TPSA) is 54.0 Å². The van der Waals surface area contributed by atoms with E-state index in [1.165, 1.54) is 30.2 Å². The molecule has 4 nitrogen and oxygen atoms in total. The molecule has 126 valence electrons. The summed E-state index contributed by atoms with van der Waals surface area (Å²) in [6, 6.07) is 8.00. The molecule has 3 heterocycles. The third-order valence-electron chi connectivity index (χ3n) is 4.89. The molecule has 2 N–H and O–H groups in total. The number of fused-ring (bicyclic) bond motifs is 2. The average Bonchev–Trinajstić information content (AvgIpc) is 3.16. The van der Waals surface area contributed by atoms with Gasteiger partial charge in [0.25, 0.3) is 5.91 Å². The number of hydrogen-bond donors (Lipinski definition) is 2. The molecule has 6 heteroatoms. The van der Waals surface area contributed by atoms with Crippen LogP contribution in [0.3, 0.4) is 0 Å². The number of rotatable bonds is 4. The van der Waals surface area contributed by atoms with Gasteiger partial charge in [0.15, 0.2) is 0 Å². The number of carbonyl (C=O) groups excluding carboxylic acids is 1. The van der Waals surface area contributed by atoms with Crippen LogP contribution < -0.4 is 10.6 Å². The molecule has 0 radical (unpaired) electrons. The monoisotopic (exact) mass is 345 g/mol. The molecule has 2 bridgehead atoms. The molecule has 1 amide bonds. The standard InChI is InChI=1S/C18H20FN3OS/c19-15-4-2-1-3-11(15)7-17-22-16(10-24-17)18(23)21-14-8-12-5-6-13(9-14)20-12/h1-4,10,12-14,20H,5-9H2,(H,21,23). The Balaban J connectivity index is 1.39. The Morgan fingerprint density at radius 1 is 1.29 bits per heavy atom. The lowest BCUT2D eigenvalue weighted by Gasteiger charge is -2.29. The highest BCUT2D eigenvalue weighted by atomic mass is 32.1. The molecule has 2 aliphatic heterocycles. The number of hydrogen-bond acceptors (Lipinski definition) is 4. The minimum Gasteiger partial charge on any atom is -0.348 e. The lowest BCUT2D eigenvalue weighted by Crippen LogP contribution is -2.48. The molecule has 0 aliphatic carbocycles. The number of nitrogens with one attached hydrogen (secondary N) is 2. The maximum atomic E-state index is 13.7. The lowest BCUT2D eigenvalue weighted by molar-refractivity contribution is 0.0919. The summed E-state index contributed by atoms with van der Waals surface area (Å²) in [4.78, 5) is 16.8. The van der Waals surface area contributed by atoms with Gasteiger partial charge in [0.2, 0.25) is 0 Å². The first-order valence-electron chi connectivity index (χ1n) is 8.42. The summed E-state index contributed by atoms with van der Waals surface area (Å²) in [6.45, 7) is 0. The van der Waals surface area contributed by atoms with Crippen LogP contribution in [0.2, 0.25) is 0 Å². The van der Waals surface area contributed by atoms with Gasteiger partial charge in [0.05, 0.1) is 5.01 Å². The van der Waals surface area contributed by atoms with Crippen molar-refractivity contribution in [1.29, 1.82) is 0 Å². The smallest absolute Gasteiger partial charge is 0.270 e. The molecular weight excluding hydrogens is 325 g/mol. The molecule has 2 unspecified atom stereocenters. The number of carbonyl (C=O) groups is 1. The first-order chi connectivity index (χ1) is 11.7. The van der Waals surface area contributed by atoms with Crippen LogP contribution in [0.1, 0.15) is 46.7 Å². The van der Waals surface area contributed by atoms with Gasteiger partial charge in [0.1, 0.15) is 11.5 Å². The molecule has 1 aromatic heterocycles. The van der Waals surface area contributed by atoms with Crippen LogP contribution in [0.25, 0.3) is 0 Å². The SMILES string of the molecule is O=C(NC1CC2CCC(C1)N2)c1csc(Cc2ccccc2F)n1. The summed E-state index contributed by atoms with van der Waals surface area (Å²) in [5, 5.41) is 9.21. The summed E-state index contributed by atoms with van der Waals surface area (Å²) in [5.74, 6) is -0.346. The number of nitrogens with zero attached hydrogens (tertiary/aromatic N) is 1.